The molecule has 1 aromatic heterocycles. The number of aromatic nitrogens is 1. The van der Waals surface area contributed by atoms with Crippen LogP contribution in [0.25, 0.3) is 10.9 Å². The second-order valence-corrected chi connectivity index (χ2v) is 5.85. The van der Waals surface area contributed by atoms with Gasteiger partial charge in [0.05, 0.1) is 25.5 Å². The minimum absolute atomic E-state index is 0.0415. The number of benzene rings is 1. The Morgan fingerprint density at radius 1 is 1.31 bits per heavy atom. The van der Waals surface area contributed by atoms with Crippen LogP contribution in [0.4, 0.5) is 0 Å². The predicted molar refractivity (Wildman–Crippen MR) is 95.3 cm³/mol. The SMILES string of the molecule is N#CCC(=O)N/N=C\c1cn(CC(=O)N2CCOCC2)c2ccccc12. The first-order valence-electron chi connectivity index (χ1n) is 8.31. The summed E-state index contributed by atoms with van der Waals surface area (Å²) in [5.41, 5.74) is 4.01. The van der Waals surface area contributed by atoms with Crippen LogP contribution in [0.2, 0.25) is 0 Å². The number of carbonyl (C=O) groups excluding carboxylic acids is 2. The fourth-order valence-corrected chi connectivity index (χ4v) is 2.85. The zero-order chi connectivity index (χ0) is 18.4. The van der Waals surface area contributed by atoms with E-state index in [2.05, 4.69) is 10.5 Å². The molecule has 1 N–H and O–H groups in total. The number of nitrogens with one attached hydrogen (secondary N) is 1. The maximum absolute atomic E-state index is 12.5. The lowest BCUT2D eigenvalue weighted by Gasteiger charge is -2.27. The van der Waals surface area contributed by atoms with Crippen LogP contribution in [0.3, 0.4) is 0 Å². The molecule has 2 amide bonds. The molecule has 0 unspecified atom stereocenters. The third-order valence-electron chi connectivity index (χ3n) is 4.12. The quantitative estimate of drug-likeness (QED) is 0.636. The fraction of sp³-hybridized carbons (Fsp3) is 0.333. The molecule has 0 spiro atoms. The van der Waals surface area contributed by atoms with Crippen molar-refractivity contribution in [1.29, 1.82) is 5.26 Å². The largest absolute Gasteiger partial charge is 0.378 e. The van der Waals surface area contributed by atoms with Crippen LogP contribution in [-0.2, 0) is 20.9 Å². The van der Waals surface area contributed by atoms with Gasteiger partial charge in [0.2, 0.25) is 5.91 Å². The molecule has 2 aromatic rings. The maximum atomic E-state index is 12.5. The first-order chi connectivity index (χ1) is 12.7. The molecule has 1 aromatic carbocycles. The topological polar surface area (TPSA) is 99.7 Å². The van der Waals surface area contributed by atoms with Gasteiger partial charge >= 0.3 is 0 Å². The Hall–Kier alpha value is -3.18. The van der Waals surface area contributed by atoms with Gasteiger partial charge in [0.15, 0.2) is 0 Å². The van der Waals surface area contributed by atoms with Gasteiger partial charge in [-0.15, -0.1) is 0 Å². The maximum Gasteiger partial charge on any atom is 0.254 e. The molecule has 134 valence electrons. The molecule has 0 aliphatic carbocycles. The molecular weight excluding hydrogens is 334 g/mol. The summed E-state index contributed by atoms with van der Waals surface area (Å²) >= 11 is 0. The first kappa shape index (κ1) is 17.6. The van der Waals surface area contributed by atoms with Gasteiger partial charge < -0.3 is 14.2 Å². The molecule has 2 heterocycles. The number of ether oxygens (including phenoxy) is 1. The number of para-hydroxylation sites is 1. The Kier molecular flexibility index (Phi) is 5.61. The summed E-state index contributed by atoms with van der Waals surface area (Å²) in [7, 11) is 0. The number of hydrogen-bond acceptors (Lipinski definition) is 5. The molecule has 26 heavy (non-hydrogen) atoms. The third kappa shape index (κ3) is 4.07. The highest BCUT2D eigenvalue weighted by Gasteiger charge is 2.18. The minimum Gasteiger partial charge on any atom is -0.378 e. The summed E-state index contributed by atoms with van der Waals surface area (Å²) in [5, 5.41) is 13.3. The van der Waals surface area contributed by atoms with Crippen LogP contribution in [0, 0.1) is 11.3 Å². The lowest BCUT2D eigenvalue weighted by Crippen LogP contribution is -2.42. The smallest absolute Gasteiger partial charge is 0.254 e. The van der Waals surface area contributed by atoms with Crippen molar-refractivity contribution < 1.29 is 14.3 Å². The van der Waals surface area contributed by atoms with E-state index in [-0.39, 0.29) is 18.9 Å². The van der Waals surface area contributed by atoms with E-state index < -0.39 is 5.91 Å². The summed E-state index contributed by atoms with van der Waals surface area (Å²) in [6.45, 7) is 2.58. The van der Waals surface area contributed by atoms with Crippen LogP contribution in [0.15, 0.2) is 35.6 Å². The lowest BCUT2D eigenvalue weighted by molar-refractivity contribution is -0.135. The molecule has 0 bridgehead atoms. The van der Waals surface area contributed by atoms with Crippen LogP contribution in [0.1, 0.15) is 12.0 Å². The predicted octanol–water partition coefficient (Wildman–Crippen LogP) is 0.864. The molecule has 8 heteroatoms. The van der Waals surface area contributed by atoms with Crippen molar-refractivity contribution in [2.75, 3.05) is 26.3 Å². The number of carbonyl (C=O) groups is 2. The average molecular weight is 353 g/mol. The molecule has 3 rings (SSSR count). The van der Waals surface area contributed by atoms with Crippen molar-refractivity contribution in [2.45, 2.75) is 13.0 Å². The highest BCUT2D eigenvalue weighted by Crippen LogP contribution is 2.20. The van der Waals surface area contributed by atoms with Crippen LogP contribution in [0.5, 0.6) is 0 Å². The van der Waals surface area contributed by atoms with Crippen molar-refractivity contribution in [1.82, 2.24) is 14.9 Å². The zero-order valence-corrected chi connectivity index (χ0v) is 14.2. The second kappa shape index (κ2) is 8.27. The molecule has 8 nitrogen and oxygen atoms in total. The Labute approximate surface area is 150 Å². The Morgan fingerprint density at radius 3 is 2.85 bits per heavy atom. The van der Waals surface area contributed by atoms with E-state index in [0.717, 1.165) is 16.5 Å². The van der Waals surface area contributed by atoms with E-state index in [1.807, 2.05) is 35.0 Å². The van der Waals surface area contributed by atoms with E-state index in [1.54, 1.807) is 11.0 Å². The lowest BCUT2D eigenvalue weighted by atomic mass is 10.2. The molecule has 1 saturated heterocycles. The fourth-order valence-electron chi connectivity index (χ4n) is 2.85. The molecule has 1 aliphatic heterocycles. The second-order valence-electron chi connectivity index (χ2n) is 5.85. The highest BCUT2D eigenvalue weighted by molar-refractivity contribution is 6.00. The number of fused-ring (bicyclic) bond motifs is 1. The molecular formula is C18H19N5O3. The molecule has 1 aliphatic rings. The van der Waals surface area contributed by atoms with Crippen LogP contribution >= 0.6 is 0 Å². The summed E-state index contributed by atoms with van der Waals surface area (Å²) in [5.74, 6) is -0.421. The first-order valence-corrected chi connectivity index (χ1v) is 8.31. The standard InChI is InChI=1S/C18H19N5O3/c19-6-5-17(24)21-20-11-14-12-23(16-4-2-1-3-15(14)16)13-18(25)22-7-9-26-10-8-22/h1-4,11-12H,5,7-10,13H2,(H,21,24)/b20-11-. The van der Waals surface area contributed by atoms with Crippen LogP contribution in [-0.4, -0.2) is 53.8 Å². The van der Waals surface area contributed by atoms with Gasteiger partial charge in [-0.2, -0.15) is 10.4 Å². The number of hydrogen-bond donors (Lipinski definition) is 1. The van der Waals surface area contributed by atoms with Gasteiger partial charge in [0.25, 0.3) is 5.91 Å². The number of nitriles is 1. The zero-order valence-electron chi connectivity index (χ0n) is 14.2. The number of morpholine rings is 1. The van der Waals surface area contributed by atoms with Gasteiger partial charge in [0.1, 0.15) is 13.0 Å². The summed E-state index contributed by atoms with van der Waals surface area (Å²) < 4.78 is 7.16. The monoisotopic (exact) mass is 353 g/mol. The number of rotatable bonds is 5. The van der Waals surface area contributed by atoms with Gasteiger partial charge in [-0.05, 0) is 6.07 Å². The van der Waals surface area contributed by atoms with Crippen molar-refractivity contribution in [3.8, 4) is 6.07 Å². The molecule has 0 radical (unpaired) electrons. The number of amides is 2. The molecule has 1 fully saturated rings. The number of nitrogens with zero attached hydrogens (tertiary/aromatic N) is 4. The number of hydrazone groups is 1. The van der Waals surface area contributed by atoms with Gasteiger partial charge in [-0.3, -0.25) is 9.59 Å². The van der Waals surface area contributed by atoms with Gasteiger partial charge in [-0.25, -0.2) is 5.43 Å². The van der Waals surface area contributed by atoms with E-state index in [4.69, 9.17) is 10.00 Å². The van der Waals surface area contributed by atoms with Crippen LogP contribution < -0.4 is 5.43 Å². The highest BCUT2D eigenvalue weighted by atomic mass is 16.5. The third-order valence-corrected chi connectivity index (χ3v) is 4.12. The van der Waals surface area contributed by atoms with E-state index in [0.29, 0.717) is 26.3 Å². The summed E-state index contributed by atoms with van der Waals surface area (Å²) in [6, 6.07) is 9.45. The Bertz CT molecular complexity index is 875. The van der Waals surface area contributed by atoms with Gasteiger partial charge in [-0.1, -0.05) is 18.2 Å². The minimum atomic E-state index is -0.463. The van der Waals surface area contributed by atoms with Gasteiger partial charge in [0, 0.05) is 35.8 Å². The summed E-state index contributed by atoms with van der Waals surface area (Å²) in [6.07, 6.45) is 3.11. The Balaban J connectivity index is 1.78. The average Bonchev–Trinajstić information content (AvgIpc) is 3.00. The van der Waals surface area contributed by atoms with Crippen molar-refractivity contribution in [3.05, 3.63) is 36.0 Å². The van der Waals surface area contributed by atoms with Crippen molar-refractivity contribution >= 4 is 28.9 Å². The molecule has 0 atom stereocenters. The Morgan fingerprint density at radius 2 is 2.08 bits per heavy atom. The van der Waals surface area contributed by atoms with E-state index in [9.17, 15) is 9.59 Å². The normalized spacial score (nSPS) is 14.5. The van der Waals surface area contributed by atoms with Crippen molar-refractivity contribution in [2.24, 2.45) is 5.10 Å². The molecule has 0 saturated carbocycles. The van der Waals surface area contributed by atoms with E-state index >= 15 is 0 Å². The summed E-state index contributed by atoms with van der Waals surface area (Å²) in [4.78, 5) is 25.6. The van der Waals surface area contributed by atoms with E-state index in [1.165, 1.54) is 6.21 Å². The van der Waals surface area contributed by atoms with Crippen molar-refractivity contribution in [3.63, 3.8) is 0 Å².